The SMILES string of the molecule is CCP1(=O)N[C@H](C(=O)OC(C)C)c2ccccc2O1. The van der Waals surface area contributed by atoms with Crippen molar-refractivity contribution in [2.75, 3.05) is 6.16 Å². The molecule has 0 aliphatic carbocycles. The van der Waals surface area contributed by atoms with Crippen molar-refractivity contribution in [3.63, 3.8) is 0 Å². The summed E-state index contributed by atoms with van der Waals surface area (Å²) in [4.78, 5) is 12.1. The van der Waals surface area contributed by atoms with Gasteiger partial charge in [0, 0.05) is 11.7 Å². The maximum absolute atomic E-state index is 12.4. The fourth-order valence-electron chi connectivity index (χ4n) is 1.89. The Labute approximate surface area is 112 Å². The van der Waals surface area contributed by atoms with E-state index in [0.717, 1.165) is 0 Å². The molecule has 1 unspecified atom stereocenters. The van der Waals surface area contributed by atoms with Crippen LogP contribution in [0.15, 0.2) is 24.3 Å². The molecule has 19 heavy (non-hydrogen) atoms. The summed E-state index contributed by atoms with van der Waals surface area (Å²) >= 11 is 0. The van der Waals surface area contributed by atoms with Crippen molar-refractivity contribution in [1.29, 1.82) is 0 Å². The Balaban J connectivity index is 2.37. The van der Waals surface area contributed by atoms with Crippen LogP contribution in [0.2, 0.25) is 0 Å². The first-order valence-electron chi connectivity index (χ1n) is 6.31. The highest BCUT2D eigenvalue weighted by Gasteiger charge is 2.39. The standard InChI is InChI=1S/C13H18NO4P/c1-4-19(16)14-12(13(15)17-9(2)3)10-7-5-6-8-11(10)18-19/h5-9,12H,4H2,1-3H3,(H,14,16)/t12-,19?/m0/s1. The molecule has 2 rings (SSSR count). The Morgan fingerprint density at radius 3 is 2.79 bits per heavy atom. The molecule has 0 aromatic heterocycles. The van der Waals surface area contributed by atoms with Gasteiger partial charge in [0.15, 0.2) is 0 Å². The van der Waals surface area contributed by atoms with Crippen molar-refractivity contribution in [1.82, 2.24) is 5.09 Å². The van der Waals surface area contributed by atoms with Crippen molar-refractivity contribution >= 4 is 13.5 Å². The predicted molar refractivity (Wildman–Crippen MR) is 72.3 cm³/mol. The molecule has 1 aliphatic heterocycles. The Kier molecular flexibility index (Phi) is 3.97. The summed E-state index contributed by atoms with van der Waals surface area (Å²) in [5.74, 6) is 0.0524. The average Bonchev–Trinajstić information content (AvgIpc) is 2.37. The van der Waals surface area contributed by atoms with Gasteiger partial charge in [0.05, 0.1) is 6.10 Å². The second-order valence-corrected chi connectivity index (χ2v) is 7.09. The lowest BCUT2D eigenvalue weighted by atomic mass is 10.1. The lowest BCUT2D eigenvalue weighted by Gasteiger charge is -2.31. The number of ether oxygens (including phenoxy) is 1. The van der Waals surface area contributed by atoms with E-state index in [1.54, 1.807) is 39.0 Å². The van der Waals surface area contributed by atoms with Gasteiger partial charge in [-0.05, 0) is 19.9 Å². The molecule has 1 aromatic rings. The van der Waals surface area contributed by atoms with Gasteiger partial charge in [0.1, 0.15) is 11.8 Å². The molecule has 0 saturated heterocycles. The van der Waals surface area contributed by atoms with Crippen molar-refractivity contribution in [3.8, 4) is 5.75 Å². The third-order valence-electron chi connectivity index (χ3n) is 2.81. The molecular weight excluding hydrogens is 265 g/mol. The predicted octanol–water partition coefficient (Wildman–Crippen LogP) is 2.87. The van der Waals surface area contributed by atoms with E-state index < -0.39 is 19.5 Å². The summed E-state index contributed by atoms with van der Waals surface area (Å²) in [7, 11) is -3.03. The van der Waals surface area contributed by atoms with Crippen LogP contribution in [0.3, 0.4) is 0 Å². The zero-order valence-corrected chi connectivity index (χ0v) is 12.1. The number of benzene rings is 1. The average molecular weight is 283 g/mol. The monoisotopic (exact) mass is 283 g/mol. The van der Waals surface area contributed by atoms with Gasteiger partial charge in [-0.3, -0.25) is 4.57 Å². The van der Waals surface area contributed by atoms with Crippen LogP contribution in [-0.4, -0.2) is 18.2 Å². The van der Waals surface area contributed by atoms with Crippen molar-refractivity contribution in [3.05, 3.63) is 29.8 Å². The minimum atomic E-state index is -3.03. The van der Waals surface area contributed by atoms with E-state index in [4.69, 9.17) is 9.26 Å². The van der Waals surface area contributed by atoms with Crippen LogP contribution in [0, 0.1) is 0 Å². The maximum atomic E-state index is 12.4. The second kappa shape index (κ2) is 5.35. The number of hydrogen-bond acceptors (Lipinski definition) is 4. The van der Waals surface area contributed by atoms with Crippen LogP contribution in [0.5, 0.6) is 5.75 Å². The Bertz CT molecular complexity index is 529. The summed E-state index contributed by atoms with van der Waals surface area (Å²) in [6.07, 6.45) is 0.0950. The van der Waals surface area contributed by atoms with Crippen molar-refractivity contribution < 1.29 is 18.6 Å². The van der Waals surface area contributed by atoms with Gasteiger partial charge in [-0.25, -0.2) is 9.88 Å². The minimum absolute atomic E-state index is 0.217. The van der Waals surface area contributed by atoms with Crippen LogP contribution >= 0.6 is 7.52 Å². The van der Waals surface area contributed by atoms with Gasteiger partial charge < -0.3 is 9.26 Å². The molecule has 0 fully saturated rings. The van der Waals surface area contributed by atoms with Crippen LogP contribution in [0.1, 0.15) is 32.4 Å². The molecule has 104 valence electrons. The number of hydrogen-bond donors (Lipinski definition) is 1. The summed E-state index contributed by atoms with van der Waals surface area (Å²) in [6, 6.07) is 6.34. The van der Waals surface area contributed by atoms with E-state index >= 15 is 0 Å². The minimum Gasteiger partial charge on any atom is -0.462 e. The number of nitrogens with one attached hydrogen (secondary N) is 1. The van der Waals surface area contributed by atoms with Gasteiger partial charge in [-0.2, -0.15) is 0 Å². The third kappa shape index (κ3) is 2.99. The van der Waals surface area contributed by atoms with Gasteiger partial charge in [0.25, 0.3) is 0 Å². The van der Waals surface area contributed by atoms with E-state index in [9.17, 15) is 9.36 Å². The molecule has 5 nitrogen and oxygen atoms in total. The molecule has 0 radical (unpaired) electrons. The Hall–Kier alpha value is -1.32. The van der Waals surface area contributed by atoms with Crippen LogP contribution in [0.25, 0.3) is 0 Å². The lowest BCUT2D eigenvalue weighted by Crippen LogP contribution is -2.34. The number of carbonyl (C=O) groups is 1. The first-order chi connectivity index (χ1) is 8.95. The molecule has 1 N–H and O–H groups in total. The molecule has 6 heteroatoms. The molecule has 0 bridgehead atoms. The van der Waals surface area contributed by atoms with Gasteiger partial charge in [-0.15, -0.1) is 0 Å². The van der Waals surface area contributed by atoms with Gasteiger partial charge in [0.2, 0.25) is 0 Å². The van der Waals surface area contributed by atoms with E-state index in [2.05, 4.69) is 5.09 Å². The van der Waals surface area contributed by atoms with E-state index in [-0.39, 0.29) is 6.10 Å². The van der Waals surface area contributed by atoms with Crippen molar-refractivity contribution in [2.45, 2.75) is 32.9 Å². The normalized spacial score (nSPS) is 25.6. The lowest BCUT2D eigenvalue weighted by molar-refractivity contribution is -0.149. The molecular formula is C13H18NO4P. The molecule has 0 saturated carbocycles. The number of para-hydroxylation sites is 1. The largest absolute Gasteiger partial charge is 0.462 e. The highest BCUT2D eigenvalue weighted by Crippen LogP contribution is 2.51. The Morgan fingerprint density at radius 1 is 1.47 bits per heavy atom. The number of esters is 1. The molecule has 1 aliphatic rings. The van der Waals surface area contributed by atoms with Crippen LogP contribution < -0.4 is 9.61 Å². The smallest absolute Gasteiger partial charge is 0.328 e. The summed E-state index contributed by atoms with van der Waals surface area (Å²) in [5, 5.41) is 2.80. The topological polar surface area (TPSA) is 64.6 Å². The van der Waals surface area contributed by atoms with Crippen molar-refractivity contribution in [2.24, 2.45) is 0 Å². The zero-order valence-electron chi connectivity index (χ0n) is 11.3. The van der Waals surface area contributed by atoms with E-state index in [1.165, 1.54) is 0 Å². The van der Waals surface area contributed by atoms with Crippen LogP contribution in [0.4, 0.5) is 0 Å². The highest BCUT2D eigenvalue weighted by molar-refractivity contribution is 7.57. The molecule has 1 aromatic carbocycles. The number of rotatable bonds is 3. The van der Waals surface area contributed by atoms with E-state index in [0.29, 0.717) is 17.5 Å². The first-order valence-corrected chi connectivity index (χ1v) is 8.12. The molecule has 0 amide bonds. The Morgan fingerprint density at radius 2 is 2.16 bits per heavy atom. The molecule has 0 spiro atoms. The second-order valence-electron chi connectivity index (χ2n) is 4.67. The highest BCUT2D eigenvalue weighted by atomic mass is 31.2. The number of carbonyl (C=O) groups excluding carboxylic acids is 1. The quantitative estimate of drug-likeness (QED) is 0.682. The number of fused-ring (bicyclic) bond motifs is 1. The summed E-state index contributed by atoms with van der Waals surface area (Å²) < 4.78 is 23.1. The zero-order chi connectivity index (χ0) is 14.0. The third-order valence-corrected chi connectivity index (χ3v) is 4.78. The van der Waals surface area contributed by atoms with Gasteiger partial charge >= 0.3 is 13.5 Å². The van der Waals surface area contributed by atoms with Gasteiger partial charge in [-0.1, -0.05) is 25.1 Å². The fourth-order valence-corrected chi connectivity index (χ4v) is 3.38. The molecule has 2 atom stereocenters. The maximum Gasteiger partial charge on any atom is 0.328 e. The molecule has 1 heterocycles. The summed E-state index contributed by atoms with van der Waals surface area (Å²) in [5.41, 5.74) is 0.660. The summed E-state index contributed by atoms with van der Waals surface area (Å²) in [6.45, 7) is 5.32. The fraction of sp³-hybridized carbons (Fsp3) is 0.462. The van der Waals surface area contributed by atoms with E-state index in [1.807, 2.05) is 6.07 Å². The van der Waals surface area contributed by atoms with Crippen LogP contribution in [-0.2, 0) is 14.1 Å². The first kappa shape index (κ1) is 14.1.